The van der Waals surface area contributed by atoms with Gasteiger partial charge in [-0.15, -0.1) is 0 Å². The second-order valence-electron chi connectivity index (χ2n) is 4.14. The lowest BCUT2D eigenvalue weighted by molar-refractivity contribution is 0.0973. The number of carbonyl (C=O) groups is 1. The summed E-state index contributed by atoms with van der Waals surface area (Å²) in [4.78, 5) is 11.8. The molecule has 0 aliphatic carbocycles. The van der Waals surface area contributed by atoms with Gasteiger partial charge in [0.1, 0.15) is 0 Å². The molecule has 1 amide bonds. The van der Waals surface area contributed by atoms with Crippen molar-refractivity contribution >= 4 is 23.5 Å². The highest BCUT2D eigenvalue weighted by atomic mass is 35.5. The van der Waals surface area contributed by atoms with E-state index in [0.717, 1.165) is 25.9 Å². The third kappa shape index (κ3) is 3.45. The van der Waals surface area contributed by atoms with Gasteiger partial charge in [0.05, 0.1) is 0 Å². The van der Waals surface area contributed by atoms with Gasteiger partial charge in [0.25, 0.3) is 5.91 Å². The molecule has 0 saturated carbocycles. The van der Waals surface area contributed by atoms with Gasteiger partial charge in [-0.3, -0.25) is 20.9 Å². The summed E-state index contributed by atoms with van der Waals surface area (Å²) >= 11 is 5.74. The molecule has 0 aromatic heterocycles. The van der Waals surface area contributed by atoms with Gasteiger partial charge in [0.2, 0.25) is 5.96 Å². The zero-order chi connectivity index (χ0) is 13.0. The fourth-order valence-corrected chi connectivity index (χ4v) is 1.93. The van der Waals surface area contributed by atoms with E-state index < -0.39 is 0 Å². The van der Waals surface area contributed by atoms with Crippen molar-refractivity contribution in [2.75, 3.05) is 13.1 Å². The number of carbonyl (C=O) groups excluding carboxylic acids is 1. The van der Waals surface area contributed by atoms with Crippen molar-refractivity contribution in [3.63, 3.8) is 0 Å². The Balaban J connectivity index is 1.86. The Hall–Kier alpha value is -1.59. The number of nitrogens with zero attached hydrogens (tertiary/aromatic N) is 1. The molecule has 0 bridgehead atoms. The van der Waals surface area contributed by atoms with Crippen LogP contribution in [0.3, 0.4) is 0 Å². The lowest BCUT2D eigenvalue weighted by Crippen LogP contribution is -2.48. The first-order valence-corrected chi connectivity index (χ1v) is 6.20. The number of guanidine groups is 1. The molecule has 1 aromatic rings. The summed E-state index contributed by atoms with van der Waals surface area (Å²) < 4.78 is 0. The summed E-state index contributed by atoms with van der Waals surface area (Å²) in [6.45, 7) is 1.80. The summed E-state index contributed by atoms with van der Waals surface area (Å²) in [5.74, 6) is -0.319. The molecule has 1 heterocycles. The maximum absolute atomic E-state index is 11.8. The van der Waals surface area contributed by atoms with Crippen molar-refractivity contribution in [1.82, 2.24) is 15.8 Å². The second-order valence-corrected chi connectivity index (χ2v) is 4.58. The molecule has 0 unspecified atom stereocenters. The molecule has 5 nitrogen and oxygen atoms in total. The van der Waals surface area contributed by atoms with E-state index in [9.17, 15) is 4.79 Å². The second kappa shape index (κ2) is 5.84. The summed E-state index contributed by atoms with van der Waals surface area (Å²) in [7, 11) is 0. The van der Waals surface area contributed by atoms with Crippen molar-refractivity contribution < 1.29 is 4.79 Å². The molecule has 1 aliphatic rings. The summed E-state index contributed by atoms with van der Waals surface area (Å²) in [6.07, 6.45) is 2.23. The lowest BCUT2D eigenvalue weighted by Gasteiger charge is -2.18. The minimum absolute atomic E-state index is 0.00292. The standard InChI is InChI=1S/C12H15ClN4O/c13-10-5-3-9(4-6-10)11(18)15-12(14)16-17-7-1-2-8-17/h3-6H,1-2,7-8H2,(H3,14,15,16,18). The molecule has 6 heteroatoms. The predicted molar refractivity (Wildman–Crippen MR) is 70.6 cm³/mol. The highest BCUT2D eigenvalue weighted by Crippen LogP contribution is 2.09. The SMILES string of the molecule is N=C(NC(=O)c1ccc(Cl)cc1)NN1CCCC1. The number of amides is 1. The minimum Gasteiger partial charge on any atom is -0.292 e. The van der Waals surface area contributed by atoms with E-state index in [1.165, 1.54) is 0 Å². The third-order valence-electron chi connectivity index (χ3n) is 2.72. The molecular formula is C12H15ClN4O. The molecule has 0 radical (unpaired) electrons. The number of benzene rings is 1. The van der Waals surface area contributed by atoms with Crippen molar-refractivity contribution in [3.8, 4) is 0 Å². The maximum atomic E-state index is 11.8. The predicted octanol–water partition coefficient (Wildman–Crippen LogP) is 1.60. The van der Waals surface area contributed by atoms with Crippen molar-refractivity contribution in [2.45, 2.75) is 12.8 Å². The molecule has 0 spiro atoms. The van der Waals surface area contributed by atoms with Gasteiger partial charge in [0, 0.05) is 23.7 Å². The summed E-state index contributed by atoms with van der Waals surface area (Å²) in [6, 6.07) is 6.55. The van der Waals surface area contributed by atoms with E-state index in [1.54, 1.807) is 24.3 Å². The normalized spacial score (nSPS) is 15.4. The van der Waals surface area contributed by atoms with Gasteiger partial charge in [-0.05, 0) is 37.1 Å². The number of hydrogen-bond donors (Lipinski definition) is 3. The fraction of sp³-hybridized carbons (Fsp3) is 0.333. The largest absolute Gasteiger partial charge is 0.292 e. The molecular weight excluding hydrogens is 252 g/mol. The molecule has 0 atom stereocenters. The van der Waals surface area contributed by atoms with Gasteiger partial charge in [-0.25, -0.2) is 5.01 Å². The number of nitrogens with one attached hydrogen (secondary N) is 3. The molecule has 18 heavy (non-hydrogen) atoms. The van der Waals surface area contributed by atoms with Gasteiger partial charge < -0.3 is 0 Å². The Labute approximate surface area is 111 Å². The van der Waals surface area contributed by atoms with Gasteiger partial charge in [0.15, 0.2) is 0 Å². The lowest BCUT2D eigenvalue weighted by atomic mass is 10.2. The van der Waals surface area contributed by atoms with Crippen LogP contribution < -0.4 is 10.7 Å². The molecule has 96 valence electrons. The van der Waals surface area contributed by atoms with Crippen LogP contribution in [0, 0.1) is 5.41 Å². The number of halogens is 1. The third-order valence-corrected chi connectivity index (χ3v) is 2.97. The van der Waals surface area contributed by atoms with Crippen LogP contribution in [0.1, 0.15) is 23.2 Å². The Morgan fingerprint density at radius 1 is 1.22 bits per heavy atom. The zero-order valence-corrected chi connectivity index (χ0v) is 10.6. The number of hydrogen-bond acceptors (Lipinski definition) is 3. The van der Waals surface area contributed by atoms with Crippen LogP contribution >= 0.6 is 11.6 Å². The summed E-state index contributed by atoms with van der Waals surface area (Å²) in [5, 5.41) is 12.7. The minimum atomic E-state index is -0.316. The van der Waals surface area contributed by atoms with Gasteiger partial charge in [-0.1, -0.05) is 11.6 Å². The van der Waals surface area contributed by atoms with E-state index in [-0.39, 0.29) is 11.9 Å². The summed E-state index contributed by atoms with van der Waals surface area (Å²) in [5.41, 5.74) is 3.33. The van der Waals surface area contributed by atoms with Gasteiger partial charge >= 0.3 is 0 Å². The first kappa shape index (κ1) is 12.9. The molecule has 3 N–H and O–H groups in total. The quantitative estimate of drug-likeness (QED) is 0.563. The van der Waals surface area contributed by atoms with E-state index in [1.807, 2.05) is 5.01 Å². The maximum Gasteiger partial charge on any atom is 0.257 e. The fourth-order valence-electron chi connectivity index (χ4n) is 1.80. The number of hydrazine groups is 1. The van der Waals surface area contributed by atoms with Crippen LogP contribution in [0.2, 0.25) is 5.02 Å². The van der Waals surface area contributed by atoms with Crippen molar-refractivity contribution in [2.24, 2.45) is 0 Å². The Morgan fingerprint density at radius 2 is 1.83 bits per heavy atom. The monoisotopic (exact) mass is 266 g/mol. The Bertz CT molecular complexity index is 440. The molecule has 2 rings (SSSR count). The molecule has 1 fully saturated rings. The first-order valence-electron chi connectivity index (χ1n) is 5.82. The average molecular weight is 267 g/mol. The highest BCUT2D eigenvalue weighted by Gasteiger charge is 2.14. The molecule has 1 saturated heterocycles. The van der Waals surface area contributed by atoms with Crippen LogP contribution in [0.4, 0.5) is 0 Å². The zero-order valence-electron chi connectivity index (χ0n) is 9.87. The van der Waals surface area contributed by atoms with E-state index in [4.69, 9.17) is 17.0 Å². The van der Waals surface area contributed by atoms with E-state index in [0.29, 0.717) is 10.6 Å². The van der Waals surface area contributed by atoms with Crippen LogP contribution in [0.25, 0.3) is 0 Å². The molecule has 1 aromatic carbocycles. The van der Waals surface area contributed by atoms with Crippen LogP contribution in [-0.4, -0.2) is 30.0 Å². The van der Waals surface area contributed by atoms with E-state index in [2.05, 4.69) is 10.7 Å². The first-order chi connectivity index (χ1) is 8.65. The van der Waals surface area contributed by atoms with Crippen LogP contribution in [-0.2, 0) is 0 Å². The Morgan fingerprint density at radius 3 is 2.44 bits per heavy atom. The smallest absolute Gasteiger partial charge is 0.257 e. The van der Waals surface area contributed by atoms with Gasteiger partial charge in [-0.2, -0.15) is 0 Å². The highest BCUT2D eigenvalue weighted by molar-refractivity contribution is 6.30. The van der Waals surface area contributed by atoms with Crippen LogP contribution in [0.5, 0.6) is 0 Å². The molecule has 1 aliphatic heterocycles. The number of rotatable bonds is 2. The van der Waals surface area contributed by atoms with Crippen molar-refractivity contribution in [1.29, 1.82) is 5.41 Å². The van der Waals surface area contributed by atoms with Crippen LogP contribution in [0.15, 0.2) is 24.3 Å². The van der Waals surface area contributed by atoms with Crippen molar-refractivity contribution in [3.05, 3.63) is 34.9 Å². The average Bonchev–Trinajstić information content (AvgIpc) is 2.82. The Kier molecular flexibility index (Phi) is 4.17. The van der Waals surface area contributed by atoms with E-state index >= 15 is 0 Å². The topological polar surface area (TPSA) is 68.2 Å².